The Morgan fingerprint density at radius 2 is 2.15 bits per heavy atom. The van der Waals surface area contributed by atoms with Crippen molar-refractivity contribution in [3.05, 3.63) is 28.8 Å². The van der Waals surface area contributed by atoms with Crippen molar-refractivity contribution in [3.8, 4) is 0 Å². The van der Waals surface area contributed by atoms with E-state index >= 15 is 0 Å². The van der Waals surface area contributed by atoms with Crippen molar-refractivity contribution < 1.29 is 10.0 Å². The summed E-state index contributed by atoms with van der Waals surface area (Å²) in [6.07, 6.45) is 0. The number of hydrogen-bond acceptors (Lipinski definition) is 3. The van der Waals surface area contributed by atoms with E-state index in [1.165, 1.54) is 0 Å². The highest BCUT2D eigenvalue weighted by atomic mass is 35.5. The minimum absolute atomic E-state index is 0.0520. The summed E-state index contributed by atoms with van der Waals surface area (Å²) in [6, 6.07) is 4.86. The first-order chi connectivity index (χ1) is 9.26. The molecule has 110 valence electrons. The van der Waals surface area contributed by atoms with E-state index in [1.807, 2.05) is 13.0 Å². The van der Waals surface area contributed by atoms with Crippen molar-refractivity contribution in [1.29, 1.82) is 0 Å². The van der Waals surface area contributed by atoms with Crippen molar-refractivity contribution in [2.75, 3.05) is 11.9 Å². The lowest BCUT2D eigenvalue weighted by Crippen LogP contribution is -2.43. The number of anilines is 1. The Balaban J connectivity index is 2.58. The molecule has 0 unspecified atom stereocenters. The largest absolute Gasteiger partial charge is 0.409 e. The van der Waals surface area contributed by atoms with Gasteiger partial charge < -0.3 is 21.6 Å². The third-order valence-electron chi connectivity index (χ3n) is 2.92. The van der Waals surface area contributed by atoms with E-state index in [0.29, 0.717) is 10.7 Å². The number of hydrogen-bond donors (Lipinski definition) is 4. The summed E-state index contributed by atoms with van der Waals surface area (Å²) in [5.74, 6) is 0.0520. The van der Waals surface area contributed by atoms with Gasteiger partial charge in [-0.25, -0.2) is 4.79 Å². The van der Waals surface area contributed by atoms with Crippen molar-refractivity contribution in [1.82, 2.24) is 5.32 Å². The predicted octanol–water partition coefficient (Wildman–Crippen LogP) is 2.54. The summed E-state index contributed by atoms with van der Waals surface area (Å²) >= 11 is 5.98. The molecular weight excluding hydrogens is 280 g/mol. The molecule has 1 rings (SSSR count). The van der Waals surface area contributed by atoms with Gasteiger partial charge in [-0.2, -0.15) is 0 Å². The summed E-state index contributed by atoms with van der Waals surface area (Å²) in [6.45, 7) is 5.62. The van der Waals surface area contributed by atoms with E-state index in [4.69, 9.17) is 22.5 Å². The van der Waals surface area contributed by atoms with Crippen LogP contribution in [0.15, 0.2) is 23.4 Å². The Kier molecular flexibility index (Phi) is 5.21. The van der Waals surface area contributed by atoms with Crippen LogP contribution in [0.2, 0.25) is 5.02 Å². The molecule has 0 spiro atoms. The molecule has 0 bridgehead atoms. The zero-order valence-corrected chi connectivity index (χ0v) is 12.5. The van der Waals surface area contributed by atoms with E-state index in [0.717, 1.165) is 5.56 Å². The lowest BCUT2D eigenvalue weighted by molar-refractivity contribution is 0.248. The molecule has 5 N–H and O–H groups in total. The van der Waals surface area contributed by atoms with Crippen molar-refractivity contribution in [2.24, 2.45) is 16.3 Å². The number of benzene rings is 1. The Morgan fingerprint density at radius 1 is 1.50 bits per heavy atom. The average Bonchev–Trinajstić information content (AvgIpc) is 2.40. The molecule has 0 aromatic heterocycles. The van der Waals surface area contributed by atoms with E-state index < -0.39 is 5.41 Å². The van der Waals surface area contributed by atoms with Crippen LogP contribution in [0, 0.1) is 12.3 Å². The Bertz CT molecular complexity index is 529. The number of urea groups is 1. The van der Waals surface area contributed by atoms with Gasteiger partial charge >= 0.3 is 6.03 Å². The van der Waals surface area contributed by atoms with Crippen LogP contribution in [0.5, 0.6) is 0 Å². The van der Waals surface area contributed by atoms with Gasteiger partial charge in [0.25, 0.3) is 0 Å². The molecule has 0 saturated carbocycles. The van der Waals surface area contributed by atoms with Gasteiger partial charge in [0.2, 0.25) is 0 Å². The van der Waals surface area contributed by atoms with Crippen LogP contribution in [0.4, 0.5) is 10.5 Å². The van der Waals surface area contributed by atoms with Gasteiger partial charge in [0.1, 0.15) is 5.84 Å². The van der Waals surface area contributed by atoms with Gasteiger partial charge in [0.15, 0.2) is 0 Å². The minimum Gasteiger partial charge on any atom is -0.409 e. The van der Waals surface area contributed by atoms with Crippen LogP contribution in [-0.2, 0) is 0 Å². The molecular formula is C13H19ClN4O2. The molecule has 0 atom stereocenters. The highest BCUT2D eigenvalue weighted by molar-refractivity contribution is 6.31. The van der Waals surface area contributed by atoms with Gasteiger partial charge in [0, 0.05) is 22.7 Å². The van der Waals surface area contributed by atoms with Crippen molar-refractivity contribution in [3.63, 3.8) is 0 Å². The number of nitrogens with two attached hydrogens (primary N) is 1. The van der Waals surface area contributed by atoms with Crippen molar-refractivity contribution in [2.45, 2.75) is 20.8 Å². The third kappa shape index (κ3) is 4.31. The summed E-state index contributed by atoms with van der Waals surface area (Å²) in [5.41, 5.74) is 6.43. The highest BCUT2D eigenvalue weighted by Crippen LogP contribution is 2.20. The first kappa shape index (κ1) is 16.1. The number of amidine groups is 1. The Labute approximate surface area is 123 Å². The minimum atomic E-state index is -0.642. The third-order valence-corrected chi connectivity index (χ3v) is 3.33. The molecule has 0 saturated heterocycles. The summed E-state index contributed by atoms with van der Waals surface area (Å²) in [7, 11) is 0. The van der Waals surface area contributed by atoms with E-state index in [1.54, 1.807) is 26.0 Å². The van der Waals surface area contributed by atoms with Crippen molar-refractivity contribution >= 4 is 29.2 Å². The number of amides is 2. The zero-order valence-electron chi connectivity index (χ0n) is 11.7. The maximum Gasteiger partial charge on any atom is 0.319 e. The Hall–Kier alpha value is -1.95. The number of rotatable bonds is 4. The predicted molar refractivity (Wildman–Crippen MR) is 80.4 cm³/mol. The fraction of sp³-hybridized carbons (Fsp3) is 0.385. The molecule has 0 aliphatic rings. The van der Waals surface area contributed by atoms with Crippen LogP contribution in [0.3, 0.4) is 0 Å². The van der Waals surface area contributed by atoms with Crippen LogP contribution in [0.25, 0.3) is 0 Å². The number of halogens is 1. The maximum absolute atomic E-state index is 11.8. The zero-order chi connectivity index (χ0) is 15.3. The molecule has 6 nitrogen and oxygen atoms in total. The second kappa shape index (κ2) is 6.47. The molecule has 0 fully saturated rings. The smallest absolute Gasteiger partial charge is 0.319 e. The number of nitrogens with one attached hydrogen (secondary N) is 2. The van der Waals surface area contributed by atoms with E-state index in [9.17, 15) is 4.79 Å². The first-order valence-corrected chi connectivity index (χ1v) is 6.43. The maximum atomic E-state index is 11.8. The lowest BCUT2D eigenvalue weighted by Gasteiger charge is -2.23. The van der Waals surface area contributed by atoms with Gasteiger partial charge in [0.05, 0.1) is 0 Å². The molecule has 0 aliphatic carbocycles. The van der Waals surface area contributed by atoms with Gasteiger partial charge in [-0.3, -0.25) is 0 Å². The number of oxime groups is 1. The van der Waals surface area contributed by atoms with E-state index in [-0.39, 0.29) is 18.4 Å². The standard InChI is InChI=1S/C13H19ClN4O2/c1-8-4-5-9(6-10(8)14)17-12(19)16-7-13(2,3)11(15)18-20/h4-6,20H,7H2,1-3H3,(H2,15,18)(H2,16,17,19). The SMILES string of the molecule is Cc1ccc(NC(=O)NCC(C)(C)/C(N)=N/O)cc1Cl. The molecule has 20 heavy (non-hydrogen) atoms. The molecule has 1 aromatic carbocycles. The molecule has 1 aromatic rings. The lowest BCUT2D eigenvalue weighted by atomic mass is 9.92. The van der Waals surface area contributed by atoms with Gasteiger partial charge in [-0.15, -0.1) is 0 Å². The Morgan fingerprint density at radius 3 is 2.70 bits per heavy atom. The summed E-state index contributed by atoms with van der Waals surface area (Å²) in [4.78, 5) is 11.8. The van der Waals surface area contributed by atoms with Crippen LogP contribution >= 0.6 is 11.6 Å². The molecule has 2 amide bonds. The molecule has 0 heterocycles. The van der Waals surface area contributed by atoms with Gasteiger partial charge in [-0.1, -0.05) is 36.7 Å². The number of aryl methyl sites for hydroxylation is 1. The van der Waals surface area contributed by atoms with E-state index in [2.05, 4.69) is 15.8 Å². The van der Waals surface area contributed by atoms with Crippen LogP contribution in [0.1, 0.15) is 19.4 Å². The quantitative estimate of drug-likeness (QED) is 0.297. The monoisotopic (exact) mass is 298 g/mol. The summed E-state index contributed by atoms with van der Waals surface area (Å²) in [5, 5.41) is 17.5. The number of carbonyl (C=O) groups is 1. The molecule has 7 heteroatoms. The summed E-state index contributed by atoms with van der Waals surface area (Å²) < 4.78 is 0. The van der Waals surface area contributed by atoms with Crippen LogP contribution < -0.4 is 16.4 Å². The number of nitrogens with zero attached hydrogens (tertiary/aromatic N) is 1. The topological polar surface area (TPSA) is 99.7 Å². The molecule has 0 aliphatic heterocycles. The average molecular weight is 299 g/mol. The first-order valence-electron chi connectivity index (χ1n) is 6.05. The fourth-order valence-electron chi connectivity index (χ4n) is 1.37. The number of carbonyl (C=O) groups excluding carboxylic acids is 1. The highest BCUT2D eigenvalue weighted by Gasteiger charge is 2.24. The second-order valence-electron chi connectivity index (χ2n) is 5.14. The van der Waals surface area contributed by atoms with Crippen LogP contribution in [-0.4, -0.2) is 23.6 Å². The normalized spacial score (nSPS) is 12.1. The second-order valence-corrected chi connectivity index (χ2v) is 5.55. The fourth-order valence-corrected chi connectivity index (χ4v) is 1.55. The van der Waals surface area contributed by atoms with Gasteiger partial charge in [-0.05, 0) is 24.6 Å². The molecule has 0 radical (unpaired) electrons.